The van der Waals surface area contributed by atoms with Crippen LogP contribution >= 0.6 is 0 Å². The SMILES string of the molecule is Cc1ccc(Nc2nc(N)nc(CN3C(=O)N[C@@]4(CCCC[C@H]4C)C3=O)n2)cc1. The highest BCUT2D eigenvalue weighted by molar-refractivity contribution is 6.07. The van der Waals surface area contributed by atoms with Gasteiger partial charge in [-0.2, -0.15) is 15.0 Å². The summed E-state index contributed by atoms with van der Waals surface area (Å²) >= 11 is 0. The summed E-state index contributed by atoms with van der Waals surface area (Å²) in [6.07, 6.45) is 3.58. The summed E-state index contributed by atoms with van der Waals surface area (Å²) in [5.41, 5.74) is 6.96. The number of aryl methyl sites for hydroxylation is 1. The highest BCUT2D eigenvalue weighted by Crippen LogP contribution is 2.38. The molecule has 9 heteroatoms. The summed E-state index contributed by atoms with van der Waals surface area (Å²) in [6, 6.07) is 7.33. The Morgan fingerprint density at radius 1 is 1.21 bits per heavy atom. The van der Waals surface area contributed by atoms with E-state index in [0.717, 1.165) is 30.5 Å². The lowest BCUT2D eigenvalue weighted by molar-refractivity contribution is -0.134. The zero-order valence-corrected chi connectivity index (χ0v) is 16.6. The summed E-state index contributed by atoms with van der Waals surface area (Å²) in [6.45, 7) is 3.97. The number of urea groups is 1. The molecule has 1 aliphatic heterocycles. The van der Waals surface area contributed by atoms with Crippen LogP contribution in [0.3, 0.4) is 0 Å². The van der Waals surface area contributed by atoms with Crippen LogP contribution < -0.4 is 16.4 Å². The van der Waals surface area contributed by atoms with Crippen LogP contribution in [-0.2, 0) is 11.3 Å². The Balaban J connectivity index is 1.54. The minimum absolute atomic E-state index is 0.0254. The molecule has 3 amide bonds. The van der Waals surface area contributed by atoms with E-state index < -0.39 is 11.6 Å². The lowest BCUT2D eigenvalue weighted by Gasteiger charge is -2.36. The quantitative estimate of drug-likeness (QED) is 0.679. The number of imide groups is 1. The predicted octanol–water partition coefficient (Wildman–Crippen LogP) is 2.51. The van der Waals surface area contributed by atoms with E-state index in [-0.39, 0.29) is 36.1 Å². The molecular formula is C20H25N7O2. The van der Waals surface area contributed by atoms with Crippen molar-refractivity contribution in [2.24, 2.45) is 5.92 Å². The Morgan fingerprint density at radius 2 is 1.97 bits per heavy atom. The van der Waals surface area contributed by atoms with Gasteiger partial charge in [0, 0.05) is 5.69 Å². The van der Waals surface area contributed by atoms with Gasteiger partial charge < -0.3 is 16.4 Å². The molecule has 9 nitrogen and oxygen atoms in total. The highest BCUT2D eigenvalue weighted by atomic mass is 16.2. The first-order valence-electron chi connectivity index (χ1n) is 9.85. The molecule has 1 spiro atoms. The van der Waals surface area contributed by atoms with Gasteiger partial charge in [0.05, 0.1) is 6.54 Å². The Kier molecular flexibility index (Phi) is 4.81. The molecule has 0 radical (unpaired) electrons. The number of carbonyl (C=O) groups excluding carboxylic acids is 2. The number of anilines is 3. The van der Waals surface area contributed by atoms with E-state index in [4.69, 9.17) is 5.73 Å². The minimum atomic E-state index is -0.809. The van der Waals surface area contributed by atoms with E-state index in [1.807, 2.05) is 38.1 Å². The Morgan fingerprint density at radius 3 is 2.69 bits per heavy atom. The Bertz CT molecular complexity index is 946. The molecule has 0 bridgehead atoms. The number of nitrogens with zero attached hydrogens (tertiary/aromatic N) is 4. The summed E-state index contributed by atoms with van der Waals surface area (Å²) in [4.78, 5) is 39.5. The second-order valence-electron chi connectivity index (χ2n) is 7.86. The molecule has 2 aromatic rings. The van der Waals surface area contributed by atoms with Gasteiger partial charge in [-0.05, 0) is 37.8 Å². The van der Waals surface area contributed by atoms with Crippen molar-refractivity contribution in [2.75, 3.05) is 11.1 Å². The lowest BCUT2D eigenvalue weighted by atomic mass is 9.73. The summed E-state index contributed by atoms with van der Waals surface area (Å²) < 4.78 is 0. The third kappa shape index (κ3) is 3.59. The van der Waals surface area contributed by atoms with Crippen LogP contribution in [0.4, 0.5) is 22.4 Å². The number of hydrogen-bond donors (Lipinski definition) is 3. The fourth-order valence-corrected chi connectivity index (χ4v) is 4.11. The van der Waals surface area contributed by atoms with Crippen molar-refractivity contribution in [3.05, 3.63) is 35.7 Å². The number of benzene rings is 1. The number of aromatic nitrogens is 3. The molecule has 1 aromatic carbocycles. The van der Waals surface area contributed by atoms with Crippen molar-refractivity contribution in [2.45, 2.75) is 51.6 Å². The van der Waals surface area contributed by atoms with E-state index in [0.29, 0.717) is 6.42 Å². The first-order valence-corrected chi connectivity index (χ1v) is 9.85. The second-order valence-corrected chi connectivity index (χ2v) is 7.86. The Hall–Kier alpha value is -3.23. The van der Waals surface area contributed by atoms with Gasteiger partial charge in [0.1, 0.15) is 5.54 Å². The van der Waals surface area contributed by atoms with Crippen LogP contribution in [0.25, 0.3) is 0 Å². The number of nitrogens with one attached hydrogen (secondary N) is 2. The van der Waals surface area contributed by atoms with Crippen LogP contribution in [0, 0.1) is 12.8 Å². The maximum atomic E-state index is 13.1. The first-order chi connectivity index (χ1) is 13.9. The number of rotatable bonds is 4. The number of amides is 3. The molecule has 152 valence electrons. The van der Waals surface area contributed by atoms with E-state index in [1.54, 1.807) is 0 Å². The first kappa shape index (κ1) is 19.1. The predicted molar refractivity (Wildman–Crippen MR) is 108 cm³/mol. The number of carbonyl (C=O) groups is 2. The summed E-state index contributed by atoms with van der Waals surface area (Å²) in [5, 5.41) is 6.01. The number of nitrogens with two attached hydrogens (primary N) is 1. The van der Waals surface area contributed by atoms with E-state index >= 15 is 0 Å². The van der Waals surface area contributed by atoms with Gasteiger partial charge in [-0.15, -0.1) is 0 Å². The van der Waals surface area contributed by atoms with Gasteiger partial charge in [0.2, 0.25) is 11.9 Å². The zero-order chi connectivity index (χ0) is 20.6. The molecule has 1 aliphatic carbocycles. The number of nitrogen functional groups attached to an aromatic ring is 1. The van der Waals surface area contributed by atoms with E-state index in [9.17, 15) is 9.59 Å². The molecule has 2 heterocycles. The zero-order valence-electron chi connectivity index (χ0n) is 16.6. The van der Waals surface area contributed by atoms with Crippen molar-refractivity contribution in [3.8, 4) is 0 Å². The smallest absolute Gasteiger partial charge is 0.325 e. The molecular weight excluding hydrogens is 370 g/mol. The maximum Gasteiger partial charge on any atom is 0.325 e. The molecule has 1 saturated carbocycles. The molecule has 0 unspecified atom stereocenters. The second kappa shape index (κ2) is 7.31. The fraction of sp³-hybridized carbons (Fsp3) is 0.450. The van der Waals surface area contributed by atoms with Crippen molar-refractivity contribution < 1.29 is 9.59 Å². The van der Waals surface area contributed by atoms with Crippen LogP contribution in [0.2, 0.25) is 0 Å². The summed E-state index contributed by atoms with van der Waals surface area (Å²) in [5.74, 6) is 0.444. The van der Waals surface area contributed by atoms with Crippen molar-refractivity contribution >= 4 is 29.5 Å². The molecule has 1 aromatic heterocycles. The van der Waals surface area contributed by atoms with Gasteiger partial charge in [-0.3, -0.25) is 9.69 Å². The van der Waals surface area contributed by atoms with Crippen LogP contribution in [0.5, 0.6) is 0 Å². The van der Waals surface area contributed by atoms with Crippen molar-refractivity contribution in [1.29, 1.82) is 0 Å². The van der Waals surface area contributed by atoms with Crippen molar-refractivity contribution in [3.63, 3.8) is 0 Å². The van der Waals surface area contributed by atoms with Gasteiger partial charge >= 0.3 is 6.03 Å². The lowest BCUT2D eigenvalue weighted by Crippen LogP contribution is -2.53. The van der Waals surface area contributed by atoms with Gasteiger partial charge in [-0.25, -0.2) is 4.79 Å². The molecule has 4 rings (SSSR count). The normalized spacial score (nSPS) is 24.1. The minimum Gasteiger partial charge on any atom is -0.368 e. The third-order valence-electron chi connectivity index (χ3n) is 5.81. The van der Waals surface area contributed by atoms with Gasteiger partial charge in [0.15, 0.2) is 5.82 Å². The monoisotopic (exact) mass is 395 g/mol. The fourth-order valence-electron chi connectivity index (χ4n) is 4.11. The topological polar surface area (TPSA) is 126 Å². The van der Waals surface area contributed by atoms with Crippen molar-refractivity contribution in [1.82, 2.24) is 25.2 Å². The average Bonchev–Trinajstić information content (AvgIpc) is 2.91. The van der Waals surface area contributed by atoms with Gasteiger partial charge in [0.25, 0.3) is 5.91 Å². The van der Waals surface area contributed by atoms with Crippen LogP contribution in [0.15, 0.2) is 24.3 Å². The maximum absolute atomic E-state index is 13.1. The number of hydrogen-bond acceptors (Lipinski definition) is 7. The van der Waals surface area contributed by atoms with Crippen LogP contribution in [-0.4, -0.2) is 37.3 Å². The molecule has 2 atom stereocenters. The highest BCUT2D eigenvalue weighted by Gasteiger charge is 2.54. The molecule has 2 fully saturated rings. The molecule has 29 heavy (non-hydrogen) atoms. The van der Waals surface area contributed by atoms with Gasteiger partial charge in [-0.1, -0.05) is 37.5 Å². The standard InChI is InChI=1S/C20H25N7O2/c1-12-6-8-14(9-7-12)22-18-24-15(23-17(21)25-18)11-27-16(28)20(26-19(27)29)10-4-3-5-13(20)2/h6-9,13H,3-5,10-11H2,1-2H3,(H,26,29)(H3,21,22,23,24,25)/t13-,20-/m1/s1. The van der Waals surface area contributed by atoms with E-state index in [2.05, 4.69) is 25.6 Å². The molecule has 4 N–H and O–H groups in total. The molecule has 1 saturated heterocycles. The average molecular weight is 395 g/mol. The largest absolute Gasteiger partial charge is 0.368 e. The van der Waals surface area contributed by atoms with E-state index in [1.165, 1.54) is 4.90 Å². The third-order valence-corrected chi connectivity index (χ3v) is 5.81. The summed E-state index contributed by atoms with van der Waals surface area (Å²) in [7, 11) is 0. The Labute approximate surface area is 169 Å². The molecule has 2 aliphatic rings. The van der Waals surface area contributed by atoms with Crippen LogP contribution in [0.1, 0.15) is 44.0 Å².